The molecule has 3 heteroatoms. The number of anilines is 1. The van der Waals surface area contributed by atoms with Gasteiger partial charge in [0, 0.05) is 29.4 Å². The smallest absolute Gasteiger partial charge is 0.0359 e. The van der Waals surface area contributed by atoms with E-state index in [1.165, 1.54) is 10.5 Å². The van der Waals surface area contributed by atoms with E-state index in [4.69, 9.17) is 5.73 Å². The highest BCUT2D eigenvalue weighted by Gasteiger charge is 2.03. The molecule has 0 aliphatic carbocycles. The molecule has 0 amide bonds. The van der Waals surface area contributed by atoms with Crippen molar-refractivity contribution >= 4 is 17.4 Å². The Kier molecular flexibility index (Phi) is 5.31. The van der Waals surface area contributed by atoms with E-state index in [2.05, 4.69) is 42.3 Å². The van der Waals surface area contributed by atoms with Gasteiger partial charge in [-0.3, -0.25) is 0 Å². The van der Waals surface area contributed by atoms with Gasteiger partial charge < -0.3 is 10.6 Å². The van der Waals surface area contributed by atoms with Crippen molar-refractivity contribution in [2.75, 3.05) is 25.1 Å². The highest BCUT2D eigenvalue weighted by Crippen LogP contribution is 2.17. The average molecular weight is 272 g/mol. The molecular formula is C16H20N2S. The number of thioether (sulfide) groups is 1. The van der Waals surface area contributed by atoms with Crippen molar-refractivity contribution in [1.82, 2.24) is 4.90 Å². The molecule has 0 aliphatic rings. The van der Waals surface area contributed by atoms with Crippen LogP contribution in [0.25, 0.3) is 0 Å². The molecule has 2 aromatic carbocycles. The summed E-state index contributed by atoms with van der Waals surface area (Å²) in [5, 5.41) is 0. The third-order valence-corrected chi connectivity index (χ3v) is 3.97. The quantitative estimate of drug-likeness (QED) is 0.644. The summed E-state index contributed by atoms with van der Waals surface area (Å²) in [6.07, 6.45) is 0. The van der Waals surface area contributed by atoms with Crippen molar-refractivity contribution in [3.8, 4) is 0 Å². The van der Waals surface area contributed by atoms with Crippen LogP contribution in [0.5, 0.6) is 0 Å². The van der Waals surface area contributed by atoms with Crippen LogP contribution in [0.4, 0.5) is 5.69 Å². The summed E-state index contributed by atoms with van der Waals surface area (Å²) in [4.78, 5) is 3.64. The molecule has 100 valence electrons. The Morgan fingerprint density at radius 1 is 1.00 bits per heavy atom. The predicted molar refractivity (Wildman–Crippen MR) is 84.4 cm³/mol. The fourth-order valence-electron chi connectivity index (χ4n) is 1.88. The molecule has 19 heavy (non-hydrogen) atoms. The van der Waals surface area contributed by atoms with Gasteiger partial charge in [-0.05, 0) is 30.8 Å². The first-order valence-corrected chi connectivity index (χ1v) is 7.44. The number of rotatable bonds is 6. The highest BCUT2D eigenvalue weighted by molar-refractivity contribution is 7.99. The van der Waals surface area contributed by atoms with E-state index < -0.39 is 0 Å². The standard InChI is InChI=1S/C16H20N2S/c1-18(13-14-7-5-6-10-16(14)17)11-12-19-15-8-3-2-4-9-15/h2-10H,11-13,17H2,1H3. The van der Waals surface area contributed by atoms with Gasteiger partial charge in [-0.25, -0.2) is 0 Å². The van der Waals surface area contributed by atoms with Gasteiger partial charge in [-0.1, -0.05) is 36.4 Å². The molecule has 0 aromatic heterocycles. The molecule has 0 fully saturated rings. The van der Waals surface area contributed by atoms with Crippen molar-refractivity contribution in [2.45, 2.75) is 11.4 Å². The van der Waals surface area contributed by atoms with Crippen molar-refractivity contribution < 1.29 is 0 Å². The highest BCUT2D eigenvalue weighted by atomic mass is 32.2. The van der Waals surface area contributed by atoms with E-state index in [1.807, 2.05) is 36.0 Å². The zero-order valence-corrected chi connectivity index (χ0v) is 12.1. The lowest BCUT2D eigenvalue weighted by atomic mass is 10.2. The van der Waals surface area contributed by atoms with Crippen LogP contribution in [0.15, 0.2) is 59.5 Å². The van der Waals surface area contributed by atoms with E-state index in [0.717, 1.165) is 24.5 Å². The molecule has 0 radical (unpaired) electrons. The van der Waals surface area contributed by atoms with Crippen LogP contribution < -0.4 is 5.73 Å². The van der Waals surface area contributed by atoms with Crippen molar-refractivity contribution in [3.05, 3.63) is 60.2 Å². The topological polar surface area (TPSA) is 29.3 Å². The van der Waals surface area contributed by atoms with Gasteiger partial charge in [0.15, 0.2) is 0 Å². The maximum atomic E-state index is 5.96. The molecule has 0 bridgehead atoms. The molecule has 0 saturated carbocycles. The molecule has 0 aliphatic heterocycles. The Labute approximate surface area is 119 Å². The van der Waals surface area contributed by atoms with Crippen molar-refractivity contribution in [1.29, 1.82) is 0 Å². The second-order valence-electron chi connectivity index (χ2n) is 4.60. The summed E-state index contributed by atoms with van der Waals surface area (Å²) in [5.74, 6) is 1.09. The van der Waals surface area contributed by atoms with Crippen LogP contribution >= 0.6 is 11.8 Å². The molecular weight excluding hydrogens is 252 g/mol. The van der Waals surface area contributed by atoms with Gasteiger partial charge >= 0.3 is 0 Å². The summed E-state index contributed by atoms with van der Waals surface area (Å²) in [6, 6.07) is 18.6. The van der Waals surface area contributed by atoms with Gasteiger partial charge in [0.2, 0.25) is 0 Å². The number of nitrogen functional groups attached to an aromatic ring is 1. The number of para-hydroxylation sites is 1. The number of hydrogen-bond acceptors (Lipinski definition) is 3. The Bertz CT molecular complexity index is 499. The Morgan fingerprint density at radius 3 is 2.42 bits per heavy atom. The lowest BCUT2D eigenvalue weighted by molar-refractivity contribution is 0.349. The largest absolute Gasteiger partial charge is 0.398 e. The van der Waals surface area contributed by atoms with Crippen LogP contribution in [0.3, 0.4) is 0 Å². The molecule has 0 spiro atoms. The minimum absolute atomic E-state index is 0.880. The van der Waals surface area contributed by atoms with Gasteiger partial charge in [0.25, 0.3) is 0 Å². The van der Waals surface area contributed by atoms with Crippen LogP contribution in [0, 0.1) is 0 Å². The molecule has 2 aromatic rings. The molecule has 0 saturated heterocycles. The Hall–Kier alpha value is -1.45. The molecule has 0 unspecified atom stereocenters. The molecule has 0 heterocycles. The number of hydrogen-bond donors (Lipinski definition) is 1. The normalized spacial score (nSPS) is 10.8. The maximum Gasteiger partial charge on any atom is 0.0359 e. The van der Waals surface area contributed by atoms with E-state index in [0.29, 0.717) is 0 Å². The van der Waals surface area contributed by atoms with E-state index in [1.54, 1.807) is 0 Å². The third kappa shape index (κ3) is 4.62. The average Bonchev–Trinajstić information content (AvgIpc) is 2.43. The lowest BCUT2D eigenvalue weighted by Gasteiger charge is -2.17. The fourth-order valence-corrected chi connectivity index (χ4v) is 2.87. The molecule has 2 N–H and O–H groups in total. The van der Waals surface area contributed by atoms with Gasteiger partial charge in [-0.15, -0.1) is 11.8 Å². The van der Waals surface area contributed by atoms with Crippen LogP contribution in [-0.2, 0) is 6.54 Å². The lowest BCUT2D eigenvalue weighted by Crippen LogP contribution is -2.21. The minimum atomic E-state index is 0.880. The maximum absolute atomic E-state index is 5.96. The number of nitrogens with two attached hydrogens (primary N) is 1. The van der Waals surface area contributed by atoms with Crippen molar-refractivity contribution in [2.24, 2.45) is 0 Å². The van der Waals surface area contributed by atoms with E-state index in [9.17, 15) is 0 Å². The number of nitrogens with zero attached hydrogens (tertiary/aromatic N) is 1. The Morgan fingerprint density at radius 2 is 1.68 bits per heavy atom. The predicted octanol–water partition coefficient (Wildman–Crippen LogP) is 3.49. The second-order valence-corrected chi connectivity index (χ2v) is 5.77. The molecule has 2 nitrogen and oxygen atoms in total. The minimum Gasteiger partial charge on any atom is -0.398 e. The van der Waals surface area contributed by atoms with Gasteiger partial charge in [-0.2, -0.15) is 0 Å². The van der Waals surface area contributed by atoms with Crippen LogP contribution in [0.2, 0.25) is 0 Å². The summed E-state index contributed by atoms with van der Waals surface area (Å²) >= 11 is 1.89. The summed E-state index contributed by atoms with van der Waals surface area (Å²) in [6.45, 7) is 1.95. The van der Waals surface area contributed by atoms with E-state index >= 15 is 0 Å². The van der Waals surface area contributed by atoms with Gasteiger partial charge in [0.05, 0.1) is 0 Å². The van der Waals surface area contributed by atoms with E-state index in [-0.39, 0.29) is 0 Å². The van der Waals surface area contributed by atoms with Crippen LogP contribution in [-0.4, -0.2) is 24.2 Å². The summed E-state index contributed by atoms with van der Waals surface area (Å²) < 4.78 is 0. The zero-order valence-electron chi connectivity index (χ0n) is 11.3. The second kappa shape index (κ2) is 7.22. The number of benzene rings is 2. The SMILES string of the molecule is CN(CCSc1ccccc1)Cc1ccccc1N. The first-order chi connectivity index (χ1) is 9.25. The monoisotopic (exact) mass is 272 g/mol. The first-order valence-electron chi connectivity index (χ1n) is 6.45. The third-order valence-electron chi connectivity index (χ3n) is 2.98. The summed E-state index contributed by atoms with van der Waals surface area (Å²) in [5.41, 5.74) is 8.04. The first kappa shape index (κ1) is 14.0. The molecule has 0 atom stereocenters. The van der Waals surface area contributed by atoms with Crippen molar-refractivity contribution in [3.63, 3.8) is 0 Å². The Balaban J connectivity index is 1.76. The molecule has 2 rings (SSSR count). The van der Waals surface area contributed by atoms with Gasteiger partial charge in [0.1, 0.15) is 0 Å². The fraction of sp³-hybridized carbons (Fsp3) is 0.250. The zero-order chi connectivity index (χ0) is 13.5. The van der Waals surface area contributed by atoms with Crippen LogP contribution in [0.1, 0.15) is 5.56 Å². The summed E-state index contributed by atoms with van der Waals surface area (Å²) in [7, 11) is 2.14.